The molecular weight excluding hydrogens is 235 g/mol. The summed E-state index contributed by atoms with van der Waals surface area (Å²) in [5.74, 6) is 0.537. The van der Waals surface area contributed by atoms with Gasteiger partial charge in [0.15, 0.2) is 0 Å². The highest BCUT2D eigenvalue weighted by molar-refractivity contribution is 7.98. The van der Waals surface area contributed by atoms with E-state index in [0.717, 1.165) is 5.75 Å². The van der Waals surface area contributed by atoms with Gasteiger partial charge in [-0.2, -0.15) is 11.8 Å². The molecule has 0 aliphatic heterocycles. The molecule has 0 fully saturated rings. The predicted molar refractivity (Wildman–Crippen MR) is 63.1 cm³/mol. The van der Waals surface area contributed by atoms with Crippen molar-refractivity contribution in [1.29, 1.82) is 0 Å². The number of rotatable bonds is 5. The minimum atomic E-state index is -0.355. The average molecular weight is 247 g/mol. The van der Waals surface area contributed by atoms with Crippen LogP contribution in [0.1, 0.15) is 12.0 Å². The minimum absolute atomic E-state index is 0.0943. The van der Waals surface area contributed by atoms with Crippen molar-refractivity contribution in [2.24, 2.45) is 0 Å². The quantitative estimate of drug-likeness (QED) is 0.793. The third-order valence-electron chi connectivity index (χ3n) is 1.98. The van der Waals surface area contributed by atoms with Gasteiger partial charge >= 0.3 is 0 Å². The van der Waals surface area contributed by atoms with Crippen LogP contribution in [-0.4, -0.2) is 17.8 Å². The van der Waals surface area contributed by atoms with E-state index in [1.54, 1.807) is 11.8 Å². The van der Waals surface area contributed by atoms with E-state index in [-0.39, 0.29) is 18.0 Å². The van der Waals surface area contributed by atoms with E-state index in [1.165, 1.54) is 18.2 Å². The lowest BCUT2D eigenvalue weighted by atomic mass is 10.1. The van der Waals surface area contributed by atoms with Crippen LogP contribution >= 0.6 is 23.4 Å². The van der Waals surface area contributed by atoms with Gasteiger partial charge in [0.25, 0.3) is 0 Å². The first-order valence-corrected chi connectivity index (χ1v) is 6.35. The normalized spacial score (nSPS) is 10.3. The molecule has 1 aromatic carbocycles. The van der Waals surface area contributed by atoms with Gasteiger partial charge in [-0.05, 0) is 35.8 Å². The Balaban J connectivity index is 2.63. The molecule has 0 saturated heterocycles. The first-order chi connectivity index (χ1) is 7.13. The summed E-state index contributed by atoms with van der Waals surface area (Å²) in [5, 5.41) is 0.453. The summed E-state index contributed by atoms with van der Waals surface area (Å²) >= 11 is 7.47. The van der Waals surface area contributed by atoms with Gasteiger partial charge in [-0.3, -0.25) is 4.79 Å². The molecule has 0 amide bonds. The van der Waals surface area contributed by atoms with Crippen molar-refractivity contribution >= 4 is 29.1 Å². The van der Waals surface area contributed by atoms with E-state index in [2.05, 4.69) is 0 Å². The molecule has 0 heterocycles. The minimum Gasteiger partial charge on any atom is -0.299 e. The Morgan fingerprint density at radius 3 is 2.93 bits per heavy atom. The molecule has 15 heavy (non-hydrogen) atoms. The SMILES string of the molecule is CSCCC(=O)Cc1cc(F)ccc1Cl. The maximum atomic E-state index is 12.9. The third-order valence-corrected chi connectivity index (χ3v) is 2.96. The lowest BCUT2D eigenvalue weighted by Crippen LogP contribution is -2.04. The van der Waals surface area contributed by atoms with Crippen molar-refractivity contribution < 1.29 is 9.18 Å². The van der Waals surface area contributed by atoms with Gasteiger partial charge in [0.1, 0.15) is 11.6 Å². The molecule has 0 atom stereocenters. The molecule has 0 aromatic heterocycles. The molecule has 0 N–H and O–H groups in total. The zero-order valence-electron chi connectivity index (χ0n) is 8.43. The Kier molecular flexibility index (Phi) is 5.12. The molecule has 82 valence electrons. The van der Waals surface area contributed by atoms with Crippen LogP contribution in [0.4, 0.5) is 4.39 Å². The molecule has 0 saturated carbocycles. The van der Waals surface area contributed by atoms with Crippen LogP contribution in [0.15, 0.2) is 18.2 Å². The number of hydrogen-bond acceptors (Lipinski definition) is 2. The second-order valence-corrected chi connectivity index (χ2v) is 4.59. The fourth-order valence-electron chi connectivity index (χ4n) is 1.20. The predicted octanol–water partition coefficient (Wildman–Crippen LogP) is 3.34. The Bertz CT molecular complexity index is 354. The highest BCUT2D eigenvalue weighted by Crippen LogP contribution is 2.18. The second-order valence-electron chi connectivity index (χ2n) is 3.19. The van der Waals surface area contributed by atoms with Gasteiger partial charge in [0, 0.05) is 17.9 Å². The van der Waals surface area contributed by atoms with Gasteiger partial charge in [-0.25, -0.2) is 4.39 Å². The molecule has 0 aliphatic carbocycles. The molecule has 0 spiro atoms. The van der Waals surface area contributed by atoms with Gasteiger partial charge in [0.05, 0.1) is 0 Å². The summed E-state index contributed by atoms with van der Waals surface area (Å²) in [4.78, 5) is 11.4. The number of ketones is 1. The molecule has 4 heteroatoms. The molecule has 0 radical (unpaired) electrons. The Morgan fingerprint density at radius 1 is 1.53 bits per heavy atom. The monoisotopic (exact) mass is 246 g/mol. The van der Waals surface area contributed by atoms with Gasteiger partial charge in [0.2, 0.25) is 0 Å². The first kappa shape index (κ1) is 12.5. The average Bonchev–Trinajstić information content (AvgIpc) is 2.20. The van der Waals surface area contributed by atoms with Crippen molar-refractivity contribution in [1.82, 2.24) is 0 Å². The number of Topliss-reactive ketones (excluding diaryl/α,β-unsaturated/α-hetero) is 1. The lowest BCUT2D eigenvalue weighted by Gasteiger charge is -2.03. The van der Waals surface area contributed by atoms with Gasteiger partial charge in [-0.15, -0.1) is 0 Å². The van der Waals surface area contributed by atoms with E-state index < -0.39 is 0 Å². The second kappa shape index (κ2) is 6.13. The van der Waals surface area contributed by atoms with Crippen molar-refractivity contribution in [2.45, 2.75) is 12.8 Å². The lowest BCUT2D eigenvalue weighted by molar-refractivity contribution is -0.118. The summed E-state index contributed by atoms with van der Waals surface area (Å²) in [6.45, 7) is 0. The van der Waals surface area contributed by atoms with Crippen molar-refractivity contribution in [3.05, 3.63) is 34.6 Å². The maximum absolute atomic E-state index is 12.9. The van der Waals surface area contributed by atoms with Crippen molar-refractivity contribution in [3.8, 4) is 0 Å². The molecule has 1 nitrogen and oxygen atoms in total. The smallest absolute Gasteiger partial charge is 0.138 e. The zero-order valence-corrected chi connectivity index (χ0v) is 10.00. The van der Waals surface area contributed by atoms with Crippen LogP contribution in [-0.2, 0) is 11.2 Å². The van der Waals surface area contributed by atoms with E-state index in [1.807, 2.05) is 6.26 Å². The van der Waals surface area contributed by atoms with Crippen LogP contribution in [0.25, 0.3) is 0 Å². The van der Waals surface area contributed by atoms with Gasteiger partial charge in [-0.1, -0.05) is 11.6 Å². The van der Waals surface area contributed by atoms with Crippen LogP contribution in [0.5, 0.6) is 0 Å². The largest absolute Gasteiger partial charge is 0.299 e. The van der Waals surface area contributed by atoms with E-state index >= 15 is 0 Å². The molecular formula is C11H12ClFOS. The number of thioether (sulfide) groups is 1. The summed E-state index contributed by atoms with van der Waals surface area (Å²) < 4.78 is 12.9. The molecule has 0 aliphatic rings. The molecule has 1 rings (SSSR count). The topological polar surface area (TPSA) is 17.1 Å². The highest BCUT2D eigenvalue weighted by Gasteiger charge is 2.07. The van der Waals surface area contributed by atoms with Crippen molar-refractivity contribution in [3.63, 3.8) is 0 Å². The molecule has 1 aromatic rings. The maximum Gasteiger partial charge on any atom is 0.138 e. The van der Waals surface area contributed by atoms with E-state index in [0.29, 0.717) is 17.0 Å². The fourth-order valence-corrected chi connectivity index (χ4v) is 1.81. The number of carbonyl (C=O) groups is 1. The third kappa shape index (κ3) is 4.22. The van der Waals surface area contributed by atoms with Gasteiger partial charge < -0.3 is 0 Å². The standard InChI is InChI=1S/C11H12ClFOS/c1-15-5-4-10(14)7-8-6-9(13)2-3-11(8)12/h2-3,6H,4-5,7H2,1H3. The number of carbonyl (C=O) groups excluding carboxylic acids is 1. The number of hydrogen-bond donors (Lipinski definition) is 0. The summed E-state index contributed by atoms with van der Waals surface area (Å²) in [5.41, 5.74) is 0.572. The highest BCUT2D eigenvalue weighted by atomic mass is 35.5. The van der Waals surface area contributed by atoms with Crippen LogP contribution in [0.3, 0.4) is 0 Å². The Morgan fingerprint density at radius 2 is 2.27 bits per heavy atom. The van der Waals surface area contributed by atoms with E-state index in [9.17, 15) is 9.18 Å². The van der Waals surface area contributed by atoms with E-state index in [4.69, 9.17) is 11.6 Å². The van der Waals surface area contributed by atoms with Crippen LogP contribution in [0, 0.1) is 5.82 Å². The van der Waals surface area contributed by atoms with Crippen LogP contribution in [0.2, 0.25) is 5.02 Å². The fraction of sp³-hybridized carbons (Fsp3) is 0.364. The molecule has 0 bridgehead atoms. The van der Waals surface area contributed by atoms with Crippen LogP contribution < -0.4 is 0 Å². The van der Waals surface area contributed by atoms with Crippen molar-refractivity contribution in [2.75, 3.05) is 12.0 Å². The Hall–Kier alpha value is -0.540. The first-order valence-electron chi connectivity index (χ1n) is 4.58. The summed E-state index contributed by atoms with van der Waals surface area (Å²) in [7, 11) is 0. The number of benzene rings is 1. The summed E-state index contributed by atoms with van der Waals surface area (Å²) in [6.07, 6.45) is 2.67. The summed E-state index contributed by atoms with van der Waals surface area (Å²) in [6, 6.07) is 4.09. The Labute approximate surface area is 98.0 Å². The molecule has 0 unspecified atom stereocenters. The number of halogens is 2. The zero-order chi connectivity index (χ0) is 11.3.